The topological polar surface area (TPSA) is 35.4 Å². The first-order valence-corrected chi connectivity index (χ1v) is 7.55. The fourth-order valence-corrected chi connectivity index (χ4v) is 4.50. The van der Waals surface area contributed by atoms with Crippen molar-refractivity contribution in [2.45, 2.75) is 38.1 Å². The average Bonchev–Trinajstić information content (AvgIpc) is 3.02. The van der Waals surface area contributed by atoms with Crippen LogP contribution in [0, 0.1) is 0 Å². The number of hydrogen-bond acceptors (Lipinski definition) is 1. The summed E-state index contributed by atoms with van der Waals surface area (Å²) in [6.07, 6.45) is 6.28. The Morgan fingerprint density at radius 2 is 1.80 bits per heavy atom. The van der Waals surface area contributed by atoms with E-state index >= 15 is 0 Å². The van der Waals surface area contributed by atoms with Gasteiger partial charge in [0.15, 0.2) is 0 Å². The van der Waals surface area contributed by atoms with Crippen molar-refractivity contribution in [3.8, 4) is 0 Å². The second-order valence-corrected chi connectivity index (χ2v) is 7.52. The van der Waals surface area contributed by atoms with Gasteiger partial charge in [0.25, 0.3) is 7.59 Å². The molecular formula is C10H22N3OP. The lowest BCUT2D eigenvalue weighted by molar-refractivity contribution is 0.386. The molecule has 2 aliphatic rings. The van der Waals surface area contributed by atoms with Gasteiger partial charge in [-0.05, 0) is 26.9 Å². The normalized spacial score (nSPS) is 27.9. The Hall–Kier alpha value is 0.110. The molecule has 0 spiro atoms. The lowest BCUT2D eigenvalue weighted by Crippen LogP contribution is -2.35. The second kappa shape index (κ2) is 4.54. The molecule has 1 saturated carbocycles. The minimum absolute atomic E-state index is 0.465. The molecule has 15 heavy (non-hydrogen) atoms. The van der Waals surface area contributed by atoms with Crippen LogP contribution in [-0.4, -0.2) is 42.6 Å². The Labute approximate surface area is 92.5 Å². The Bertz CT molecular complexity index is 253. The van der Waals surface area contributed by atoms with Gasteiger partial charge in [0.05, 0.1) is 0 Å². The molecule has 1 aliphatic carbocycles. The summed E-state index contributed by atoms with van der Waals surface area (Å²) in [7, 11) is 1.42. The lowest BCUT2D eigenvalue weighted by atomic mass is 9.96. The van der Waals surface area contributed by atoms with E-state index in [-0.39, 0.29) is 0 Å². The molecule has 1 saturated heterocycles. The first kappa shape index (κ1) is 11.6. The Morgan fingerprint density at radius 1 is 1.20 bits per heavy atom. The number of nitrogens with zero attached hydrogens (tertiary/aromatic N) is 2. The van der Waals surface area contributed by atoms with E-state index in [1.165, 1.54) is 32.1 Å². The van der Waals surface area contributed by atoms with Crippen LogP contribution in [0.3, 0.4) is 0 Å². The van der Waals surface area contributed by atoms with Crippen LogP contribution in [0.5, 0.6) is 0 Å². The fraction of sp³-hybridized carbons (Fsp3) is 1.00. The third kappa shape index (κ3) is 2.62. The minimum Gasteiger partial charge on any atom is -0.271 e. The van der Waals surface area contributed by atoms with E-state index in [0.29, 0.717) is 6.04 Å². The SMILES string of the molecule is CN(C)P(=O)(NC1CCCCC1)N1CC1. The standard InChI is InChI=1S/C10H22N3OP/c1-12(2)15(14,13-8-9-13)11-10-6-4-3-5-7-10/h10H,3-9H2,1-2H3,(H,11,14). The van der Waals surface area contributed by atoms with Crippen molar-refractivity contribution in [3.63, 3.8) is 0 Å². The molecule has 2 rings (SSSR count). The molecule has 1 N–H and O–H groups in total. The Balaban J connectivity index is 1.96. The van der Waals surface area contributed by atoms with E-state index in [9.17, 15) is 4.57 Å². The zero-order chi connectivity index (χ0) is 10.9. The summed E-state index contributed by atoms with van der Waals surface area (Å²) >= 11 is 0. The zero-order valence-corrected chi connectivity index (χ0v) is 10.7. The quantitative estimate of drug-likeness (QED) is 0.592. The van der Waals surface area contributed by atoms with Gasteiger partial charge in [-0.2, -0.15) is 0 Å². The molecular weight excluding hydrogens is 209 g/mol. The molecule has 5 heteroatoms. The van der Waals surface area contributed by atoms with Crippen LogP contribution in [0.15, 0.2) is 0 Å². The van der Waals surface area contributed by atoms with Crippen molar-refractivity contribution in [1.82, 2.24) is 14.4 Å². The summed E-state index contributed by atoms with van der Waals surface area (Å²) in [6.45, 7) is 1.96. The third-order valence-electron chi connectivity index (χ3n) is 3.31. The van der Waals surface area contributed by atoms with E-state index < -0.39 is 7.59 Å². The van der Waals surface area contributed by atoms with Gasteiger partial charge >= 0.3 is 0 Å². The van der Waals surface area contributed by atoms with Crippen LogP contribution in [0.1, 0.15) is 32.1 Å². The van der Waals surface area contributed by atoms with Gasteiger partial charge in [-0.1, -0.05) is 19.3 Å². The Morgan fingerprint density at radius 3 is 2.27 bits per heavy atom. The molecule has 1 aliphatic heterocycles. The zero-order valence-electron chi connectivity index (χ0n) is 9.78. The first-order chi connectivity index (χ1) is 7.13. The second-order valence-electron chi connectivity index (χ2n) is 4.81. The molecule has 1 heterocycles. The number of nitrogens with one attached hydrogen (secondary N) is 1. The summed E-state index contributed by atoms with van der Waals surface area (Å²) in [5.41, 5.74) is 0. The molecule has 0 bridgehead atoms. The highest BCUT2D eigenvalue weighted by Gasteiger charge is 2.41. The molecule has 1 atom stereocenters. The van der Waals surface area contributed by atoms with Crippen molar-refractivity contribution in [2.75, 3.05) is 27.2 Å². The predicted molar refractivity (Wildman–Crippen MR) is 62.9 cm³/mol. The van der Waals surface area contributed by atoms with Gasteiger partial charge in [0.2, 0.25) is 0 Å². The smallest absolute Gasteiger partial charge is 0.271 e. The molecule has 0 aromatic rings. The van der Waals surface area contributed by atoms with Crippen LogP contribution >= 0.6 is 7.59 Å². The molecule has 88 valence electrons. The fourth-order valence-electron chi connectivity index (χ4n) is 2.24. The summed E-state index contributed by atoms with van der Waals surface area (Å²) in [5.74, 6) is 0. The number of rotatable bonds is 4. The van der Waals surface area contributed by atoms with Crippen LogP contribution in [-0.2, 0) is 4.57 Å². The van der Waals surface area contributed by atoms with Crippen LogP contribution < -0.4 is 5.09 Å². The summed E-state index contributed by atoms with van der Waals surface area (Å²) in [5, 5.41) is 3.40. The molecule has 0 aromatic heterocycles. The van der Waals surface area contributed by atoms with Crippen LogP contribution in [0.4, 0.5) is 0 Å². The highest BCUT2D eigenvalue weighted by atomic mass is 31.2. The average molecular weight is 231 g/mol. The predicted octanol–water partition coefficient (Wildman–Crippen LogP) is 1.89. The molecule has 1 unspecified atom stereocenters. The summed E-state index contributed by atoms with van der Waals surface area (Å²) < 4.78 is 16.6. The van der Waals surface area contributed by atoms with Crippen molar-refractivity contribution in [3.05, 3.63) is 0 Å². The van der Waals surface area contributed by atoms with E-state index in [1.807, 2.05) is 18.8 Å². The van der Waals surface area contributed by atoms with Gasteiger partial charge in [-0.15, -0.1) is 0 Å². The summed E-state index contributed by atoms with van der Waals surface area (Å²) in [6, 6.07) is 0.465. The Kier molecular flexibility index (Phi) is 3.51. The number of hydrogen-bond donors (Lipinski definition) is 1. The van der Waals surface area contributed by atoms with Gasteiger partial charge in [-0.25, -0.2) is 14.4 Å². The third-order valence-corrected chi connectivity index (χ3v) is 6.26. The monoisotopic (exact) mass is 231 g/mol. The maximum absolute atomic E-state index is 12.7. The molecule has 0 radical (unpaired) electrons. The van der Waals surface area contributed by atoms with Crippen molar-refractivity contribution in [1.29, 1.82) is 0 Å². The van der Waals surface area contributed by atoms with Crippen molar-refractivity contribution < 1.29 is 4.57 Å². The first-order valence-electron chi connectivity index (χ1n) is 5.94. The van der Waals surface area contributed by atoms with Gasteiger partial charge in [-0.3, -0.25) is 4.57 Å². The molecule has 0 aromatic carbocycles. The van der Waals surface area contributed by atoms with E-state index in [1.54, 1.807) is 0 Å². The lowest BCUT2D eigenvalue weighted by Gasteiger charge is -2.32. The largest absolute Gasteiger partial charge is 0.284 e. The van der Waals surface area contributed by atoms with Crippen molar-refractivity contribution in [2.24, 2.45) is 0 Å². The van der Waals surface area contributed by atoms with Gasteiger partial charge < -0.3 is 0 Å². The molecule has 2 fully saturated rings. The minimum atomic E-state index is -2.40. The van der Waals surface area contributed by atoms with Crippen LogP contribution in [0.2, 0.25) is 0 Å². The van der Waals surface area contributed by atoms with E-state index in [4.69, 9.17) is 0 Å². The van der Waals surface area contributed by atoms with Crippen molar-refractivity contribution >= 4 is 7.59 Å². The summed E-state index contributed by atoms with van der Waals surface area (Å²) in [4.78, 5) is 0. The van der Waals surface area contributed by atoms with Gasteiger partial charge in [0.1, 0.15) is 0 Å². The highest BCUT2D eigenvalue weighted by Crippen LogP contribution is 2.52. The highest BCUT2D eigenvalue weighted by molar-refractivity contribution is 7.57. The van der Waals surface area contributed by atoms with Crippen LogP contribution in [0.25, 0.3) is 0 Å². The van der Waals surface area contributed by atoms with Gasteiger partial charge in [0, 0.05) is 19.1 Å². The van der Waals surface area contributed by atoms with E-state index in [0.717, 1.165) is 13.1 Å². The maximum atomic E-state index is 12.7. The molecule has 0 amide bonds. The molecule has 4 nitrogen and oxygen atoms in total. The van der Waals surface area contributed by atoms with E-state index in [2.05, 4.69) is 9.76 Å². The maximum Gasteiger partial charge on any atom is 0.284 e.